The first-order valence-electron chi connectivity index (χ1n) is 13.5. The number of carbonyl (C=O) groups excluding carboxylic acids is 2. The molecule has 0 heterocycles. The lowest BCUT2D eigenvalue weighted by Crippen LogP contribution is -2.52. The van der Waals surface area contributed by atoms with Gasteiger partial charge in [-0.3, -0.25) is 13.9 Å². The number of aryl methyl sites for hydroxylation is 1. The molecule has 0 fully saturated rings. The number of benzene rings is 3. The number of nitrogens with zero attached hydrogens (tertiary/aromatic N) is 2. The van der Waals surface area contributed by atoms with Crippen LogP contribution in [0.3, 0.4) is 0 Å². The molecule has 41 heavy (non-hydrogen) atoms. The number of sulfonamides is 1. The maximum atomic E-state index is 14.1. The maximum absolute atomic E-state index is 14.1. The second kappa shape index (κ2) is 14.4. The van der Waals surface area contributed by atoms with Crippen molar-refractivity contribution in [3.8, 4) is 5.75 Å². The second-order valence-electron chi connectivity index (χ2n) is 10.2. The molecule has 1 atom stereocenters. The van der Waals surface area contributed by atoms with Crippen LogP contribution in [0.4, 0.5) is 5.69 Å². The number of amides is 2. The monoisotopic (exact) mass is 599 g/mol. The van der Waals surface area contributed by atoms with Gasteiger partial charge in [0.05, 0.1) is 17.7 Å². The van der Waals surface area contributed by atoms with Crippen LogP contribution in [0, 0.1) is 12.8 Å². The van der Waals surface area contributed by atoms with Crippen molar-refractivity contribution in [1.29, 1.82) is 0 Å². The molecule has 3 aromatic rings. The zero-order valence-electron chi connectivity index (χ0n) is 24.1. The Bertz CT molecular complexity index is 1430. The van der Waals surface area contributed by atoms with Crippen molar-refractivity contribution >= 4 is 39.1 Å². The van der Waals surface area contributed by atoms with E-state index in [4.69, 9.17) is 16.3 Å². The van der Waals surface area contributed by atoms with Gasteiger partial charge in [-0.15, -0.1) is 0 Å². The number of rotatable bonds is 13. The first-order valence-corrected chi connectivity index (χ1v) is 15.3. The number of halogens is 1. The molecule has 3 aromatic carbocycles. The molecule has 8 nitrogen and oxygen atoms in total. The SMILES string of the molecule is CC[C@@H](C(=O)NCC(C)C)N(Cc1ccccc1C)C(=O)CN(c1ccc(Cl)cc1)S(=O)(=O)c1ccc(OC)cc1. The van der Waals surface area contributed by atoms with Crippen LogP contribution in [0.2, 0.25) is 5.02 Å². The molecule has 2 amide bonds. The summed E-state index contributed by atoms with van der Waals surface area (Å²) in [4.78, 5) is 28.9. The van der Waals surface area contributed by atoms with Crippen molar-refractivity contribution in [3.63, 3.8) is 0 Å². The minimum atomic E-state index is -4.19. The zero-order valence-corrected chi connectivity index (χ0v) is 25.7. The van der Waals surface area contributed by atoms with Crippen LogP contribution in [-0.4, -0.2) is 51.4 Å². The zero-order chi connectivity index (χ0) is 30.2. The fraction of sp³-hybridized carbons (Fsp3) is 0.355. The number of hydrogen-bond donors (Lipinski definition) is 1. The van der Waals surface area contributed by atoms with E-state index in [-0.39, 0.29) is 29.0 Å². The van der Waals surface area contributed by atoms with Crippen molar-refractivity contribution in [1.82, 2.24) is 10.2 Å². The lowest BCUT2D eigenvalue weighted by molar-refractivity contribution is -0.140. The van der Waals surface area contributed by atoms with Crippen LogP contribution in [0.5, 0.6) is 5.75 Å². The second-order valence-corrected chi connectivity index (χ2v) is 12.5. The van der Waals surface area contributed by atoms with Crippen LogP contribution in [0.15, 0.2) is 77.7 Å². The molecule has 0 aliphatic heterocycles. The van der Waals surface area contributed by atoms with Crippen molar-refractivity contribution in [2.45, 2.75) is 51.6 Å². The summed E-state index contributed by atoms with van der Waals surface area (Å²) in [5, 5.41) is 3.36. The molecule has 3 rings (SSSR count). The topological polar surface area (TPSA) is 96.0 Å². The summed E-state index contributed by atoms with van der Waals surface area (Å²) in [6.07, 6.45) is 0.355. The Morgan fingerprint density at radius 2 is 1.61 bits per heavy atom. The van der Waals surface area contributed by atoms with Gasteiger partial charge in [-0.1, -0.05) is 56.6 Å². The lowest BCUT2D eigenvalue weighted by Gasteiger charge is -2.33. The van der Waals surface area contributed by atoms with Gasteiger partial charge in [-0.2, -0.15) is 0 Å². The van der Waals surface area contributed by atoms with E-state index in [1.54, 1.807) is 36.4 Å². The summed E-state index contributed by atoms with van der Waals surface area (Å²) in [5.74, 6) is -0.0568. The average molecular weight is 600 g/mol. The molecule has 0 bridgehead atoms. The standard InChI is InChI=1S/C31H38ClN3O5S/c1-6-29(31(37)33-19-22(2)3)34(20-24-10-8-7-9-23(24)4)30(36)21-35(26-13-11-25(32)12-14-26)41(38,39)28-17-15-27(40-5)16-18-28/h7-18,22,29H,6,19-21H2,1-5H3,(H,33,37)/t29-/m0/s1. The van der Waals surface area contributed by atoms with Gasteiger partial charge in [0, 0.05) is 18.1 Å². The fourth-order valence-corrected chi connectivity index (χ4v) is 5.86. The molecular formula is C31H38ClN3O5S. The Labute approximate surface area is 248 Å². The van der Waals surface area contributed by atoms with Crippen LogP contribution < -0.4 is 14.4 Å². The summed E-state index contributed by atoms with van der Waals surface area (Å²) in [6, 6.07) is 19.0. The van der Waals surface area contributed by atoms with Crippen LogP contribution in [-0.2, 0) is 26.2 Å². The van der Waals surface area contributed by atoms with Crippen molar-refractivity contribution in [2.24, 2.45) is 5.92 Å². The van der Waals surface area contributed by atoms with Gasteiger partial charge in [-0.05, 0) is 78.9 Å². The van der Waals surface area contributed by atoms with E-state index >= 15 is 0 Å². The van der Waals surface area contributed by atoms with Crippen molar-refractivity contribution in [2.75, 3.05) is 24.5 Å². The summed E-state index contributed by atoms with van der Waals surface area (Å²) in [7, 11) is -2.70. The summed E-state index contributed by atoms with van der Waals surface area (Å²) >= 11 is 6.09. The van der Waals surface area contributed by atoms with E-state index in [9.17, 15) is 18.0 Å². The first kappa shape index (κ1) is 32.0. The minimum Gasteiger partial charge on any atom is -0.497 e. The van der Waals surface area contributed by atoms with E-state index in [1.165, 1.54) is 24.1 Å². The molecule has 0 aromatic heterocycles. The molecule has 0 radical (unpaired) electrons. The van der Waals surface area contributed by atoms with E-state index in [0.29, 0.717) is 23.7 Å². The van der Waals surface area contributed by atoms with Gasteiger partial charge in [0.15, 0.2) is 0 Å². The molecule has 0 unspecified atom stereocenters. The number of anilines is 1. The number of hydrogen-bond acceptors (Lipinski definition) is 5. The Hall–Kier alpha value is -3.56. The molecule has 220 valence electrons. The molecule has 10 heteroatoms. The Balaban J connectivity index is 2.05. The van der Waals surface area contributed by atoms with Crippen molar-refractivity contribution in [3.05, 3.63) is 88.9 Å². The minimum absolute atomic E-state index is 0.00628. The van der Waals surface area contributed by atoms with Crippen LogP contribution >= 0.6 is 11.6 Å². The van der Waals surface area contributed by atoms with Gasteiger partial charge in [0.2, 0.25) is 11.8 Å². The predicted octanol–water partition coefficient (Wildman–Crippen LogP) is 5.43. The third-order valence-electron chi connectivity index (χ3n) is 6.71. The molecular weight excluding hydrogens is 562 g/mol. The van der Waals surface area contributed by atoms with Gasteiger partial charge in [0.25, 0.3) is 10.0 Å². The highest BCUT2D eigenvalue weighted by atomic mass is 35.5. The number of carbonyl (C=O) groups is 2. The average Bonchev–Trinajstić information content (AvgIpc) is 2.96. The smallest absolute Gasteiger partial charge is 0.264 e. The lowest BCUT2D eigenvalue weighted by atomic mass is 10.1. The number of ether oxygens (including phenoxy) is 1. The van der Waals surface area contributed by atoms with Gasteiger partial charge in [-0.25, -0.2) is 8.42 Å². The van der Waals surface area contributed by atoms with Gasteiger partial charge < -0.3 is 15.0 Å². The summed E-state index contributed by atoms with van der Waals surface area (Å²) < 4.78 is 34.1. The molecule has 0 saturated carbocycles. The van der Waals surface area contributed by atoms with Crippen LogP contribution in [0.25, 0.3) is 0 Å². The highest BCUT2D eigenvalue weighted by Crippen LogP contribution is 2.27. The summed E-state index contributed by atoms with van der Waals surface area (Å²) in [6.45, 7) is 7.85. The predicted molar refractivity (Wildman–Crippen MR) is 163 cm³/mol. The van der Waals surface area contributed by atoms with E-state index in [2.05, 4.69) is 5.32 Å². The van der Waals surface area contributed by atoms with E-state index in [1.807, 2.05) is 52.0 Å². The third-order valence-corrected chi connectivity index (χ3v) is 8.75. The Kier molecular flexibility index (Phi) is 11.2. The largest absolute Gasteiger partial charge is 0.497 e. The fourth-order valence-electron chi connectivity index (χ4n) is 4.32. The molecule has 0 saturated heterocycles. The number of methoxy groups -OCH3 is 1. The molecule has 0 aliphatic rings. The normalized spacial score (nSPS) is 12.1. The van der Waals surface area contributed by atoms with Gasteiger partial charge >= 0.3 is 0 Å². The van der Waals surface area contributed by atoms with Gasteiger partial charge in [0.1, 0.15) is 18.3 Å². The Morgan fingerprint density at radius 3 is 2.17 bits per heavy atom. The van der Waals surface area contributed by atoms with E-state index in [0.717, 1.165) is 15.4 Å². The molecule has 1 N–H and O–H groups in total. The summed E-state index contributed by atoms with van der Waals surface area (Å²) in [5.41, 5.74) is 2.10. The number of nitrogens with one attached hydrogen (secondary N) is 1. The maximum Gasteiger partial charge on any atom is 0.264 e. The highest BCUT2D eigenvalue weighted by molar-refractivity contribution is 7.92. The quantitative estimate of drug-likeness (QED) is 0.283. The molecule has 0 spiro atoms. The Morgan fingerprint density at radius 1 is 0.976 bits per heavy atom. The third kappa shape index (κ3) is 8.24. The highest BCUT2D eigenvalue weighted by Gasteiger charge is 2.34. The van der Waals surface area contributed by atoms with Crippen LogP contribution in [0.1, 0.15) is 38.3 Å². The van der Waals surface area contributed by atoms with Crippen molar-refractivity contribution < 1.29 is 22.7 Å². The van der Waals surface area contributed by atoms with E-state index < -0.39 is 28.5 Å². The molecule has 0 aliphatic carbocycles. The first-order chi connectivity index (χ1) is 19.5.